The number of aromatic nitrogens is 1. The Morgan fingerprint density at radius 2 is 1.78 bits per heavy atom. The average Bonchev–Trinajstić information content (AvgIpc) is 3.18. The number of hydrogen-bond acceptors (Lipinski definition) is 4. The Kier molecular flexibility index (Phi) is 5.23. The molecule has 1 N–H and O–H groups in total. The summed E-state index contributed by atoms with van der Waals surface area (Å²) in [5.41, 5.74) is 5.24. The zero-order chi connectivity index (χ0) is 22.4. The summed E-state index contributed by atoms with van der Waals surface area (Å²) in [7, 11) is 3.06. The van der Waals surface area contributed by atoms with Gasteiger partial charge in [0.25, 0.3) is 0 Å². The highest BCUT2D eigenvalue weighted by molar-refractivity contribution is 5.97. The number of rotatable bonds is 5. The van der Waals surface area contributed by atoms with E-state index in [2.05, 4.69) is 11.1 Å². The Hall–Kier alpha value is -3.16. The van der Waals surface area contributed by atoms with Gasteiger partial charge >= 0.3 is 0 Å². The summed E-state index contributed by atoms with van der Waals surface area (Å²) < 4.78 is 10.6. The zero-order valence-corrected chi connectivity index (χ0v) is 18.5. The molecule has 2 aromatic carbocycles. The number of hydrogen-bond donors (Lipinski definition) is 1. The molecule has 0 spiro atoms. The molecule has 2 aliphatic rings. The predicted molar refractivity (Wildman–Crippen MR) is 120 cm³/mol. The molecule has 2 atom stereocenters. The monoisotopic (exact) mass is 433 g/mol. The molecule has 32 heavy (non-hydrogen) atoms. The van der Waals surface area contributed by atoms with Crippen LogP contribution in [-0.2, 0) is 25.5 Å². The van der Waals surface area contributed by atoms with Gasteiger partial charge in [0.2, 0.25) is 11.8 Å². The van der Waals surface area contributed by atoms with Crippen LogP contribution in [-0.4, -0.2) is 66.2 Å². The number of methoxy groups -OCH3 is 2. The molecule has 1 unspecified atom stereocenters. The number of aryl methyl sites for hydroxylation is 1. The third kappa shape index (κ3) is 3.20. The van der Waals surface area contributed by atoms with Crippen molar-refractivity contribution in [3.63, 3.8) is 0 Å². The molecule has 0 radical (unpaired) electrons. The number of carbonyl (C=O) groups excluding carboxylic acids is 2. The van der Waals surface area contributed by atoms with E-state index in [0.29, 0.717) is 6.42 Å². The van der Waals surface area contributed by atoms with E-state index in [0.717, 1.165) is 33.3 Å². The van der Waals surface area contributed by atoms with Gasteiger partial charge in [0.15, 0.2) is 6.29 Å². The molecular weight excluding hydrogens is 406 g/mol. The number of aromatic amines is 1. The van der Waals surface area contributed by atoms with Crippen LogP contribution in [0.2, 0.25) is 0 Å². The number of para-hydroxylation sites is 1. The molecule has 3 aromatic rings. The zero-order valence-electron chi connectivity index (χ0n) is 18.5. The van der Waals surface area contributed by atoms with Crippen molar-refractivity contribution in [1.29, 1.82) is 0 Å². The second-order valence-corrected chi connectivity index (χ2v) is 8.46. The van der Waals surface area contributed by atoms with Gasteiger partial charge < -0.3 is 24.3 Å². The van der Waals surface area contributed by atoms with Crippen LogP contribution in [0.5, 0.6) is 0 Å². The van der Waals surface area contributed by atoms with E-state index < -0.39 is 12.3 Å². The summed E-state index contributed by atoms with van der Waals surface area (Å²) in [5, 5.41) is 1.10. The van der Waals surface area contributed by atoms with Gasteiger partial charge in [0.05, 0.1) is 12.6 Å². The van der Waals surface area contributed by atoms with Crippen molar-refractivity contribution in [2.24, 2.45) is 0 Å². The molecule has 2 amide bonds. The van der Waals surface area contributed by atoms with E-state index in [9.17, 15) is 9.59 Å². The van der Waals surface area contributed by atoms with Crippen LogP contribution < -0.4 is 0 Å². The molecule has 0 saturated carbocycles. The third-order valence-electron chi connectivity index (χ3n) is 6.72. The fourth-order valence-electron chi connectivity index (χ4n) is 5.12. The van der Waals surface area contributed by atoms with E-state index >= 15 is 0 Å². The summed E-state index contributed by atoms with van der Waals surface area (Å²) in [6.45, 7) is 2.28. The number of benzene rings is 2. The highest BCUT2D eigenvalue weighted by atomic mass is 16.7. The van der Waals surface area contributed by atoms with E-state index in [1.54, 1.807) is 9.80 Å². The molecule has 1 fully saturated rings. The predicted octanol–water partition coefficient (Wildman–Crippen LogP) is 2.78. The summed E-state index contributed by atoms with van der Waals surface area (Å²) in [6.07, 6.45) is -0.0920. The largest absolute Gasteiger partial charge is 0.356 e. The number of amides is 2. The summed E-state index contributed by atoms with van der Waals surface area (Å²) in [5.74, 6) is -0.142. The van der Waals surface area contributed by atoms with Crippen LogP contribution in [0.1, 0.15) is 28.4 Å². The van der Waals surface area contributed by atoms with Crippen LogP contribution >= 0.6 is 0 Å². The lowest BCUT2D eigenvalue weighted by molar-refractivity contribution is -0.167. The Labute approximate surface area is 186 Å². The molecule has 0 aliphatic carbocycles. The lowest BCUT2D eigenvalue weighted by Crippen LogP contribution is -2.64. The van der Waals surface area contributed by atoms with Gasteiger partial charge in [-0.2, -0.15) is 0 Å². The van der Waals surface area contributed by atoms with Gasteiger partial charge in [-0.15, -0.1) is 0 Å². The van der Waals surface area contributed by atoms with E-state index in [1.165, 1.54) is 14.2 Å². The second-order valence-electron chi connectivity index (χ2n) is 8.46. The van der Waals surface area contributed by atoms with E-state index in [-0.39, 0.29) is 30.9 Å². The number of fused-ring (bicyclic) bond motifs is 4. The summed E-state index contributed by atoms with van der Waals surface area (Å²) >= 11 is 0. The third-order valence-corrected chi connectivity index (χ3v) is 6.72. The van der Waals surface area contributed by atoms with E-state index in [4.69, 9.17) is 9.47 Å². The smallest absolute Gasteiger partial charge is 0.246 e. The highest BCUT2D eigenvalue weighted by Crippen LogP contribution is 2.43. The quantitative estimate of drug-likeness (QED) is 0.628. The Morgan fingerprint density at radius 3 is 2.53 bits per heavy atom. The highest BCUT2D eigenvalue weighted by Gasteiger charge is 2.48. The molecule has 3 heterocycles. The molecule has 7 heteroatoms. The first-order valence-electron chi connectivity index (χ1n) is 10.8. The van der Waals surface area contributed by atoms with Crippen molar-refractivity contribution in [2.45, 2.75) is 31.7 Å². The first-order valence-corrected chi connectivity index (χ1v) is 10.8. The maximum absolute atomic E-state index is 13.6. The van der Waals surface area contributed by atoms with Crippen LogP contribution in [0.25, 0.3) is 10.9 Å². The fourth-order valence-corrected chi connectivity index (χ4v) is 5.12. The summed E-state index contributed by atoms with van der Waals surface area (Å²) in [4.78, 5) is 34.0. The second kappa shape index (κ2) is 8.07. The van der Waals surface area contributed by atoms with Gasteiger partial charge in [-0.05, 0) is 29.7 Å². The molecule has 2 aliphatic heterocycles. The topological polar surface area (TPSA) is 74.9 Å². The number of piperazine rings is 1. The van der Waals surface area contributed by atoms with Gasteiger partial charge in [-0.1, -0.05) is 42.5 Å². The molecule has 5 rings (SSSR count). The first kappa shape index (κ1) is 20.7. The number of carbonyl (C=O) groups is 2. The van der Waals surface area contributed by atoms with Crippen molar-refractivity contribution in [3.8, 4) is 0 Å². The number of nitrogens with zero attached hydrogens (tertiary/aromatic N) is 2. The van der Waals surface area contributed by atoms with Gasteiger partial charge in [-0.25, -0.2) is 0 Å². The Morgan fingerprint density at radius 1 is 1.06 bits per heavy atom. The molecule has 7 nitrogen and oxygen atoms in total. The average molecular weight is 434 g/mol. The number of nitrogens with one attached hydrogen (secondary N) is 1. The maximum atomic E-state index is 13.6. The Balaban J connectivity index is 1.64. The number of ether oxygens (including phenoxy) is 2. The van der Waals surface area contributed by atoms with Crippen molar-refractivity contribution in [1.82, 2.24) is 14.8 Å². The molecule has 166 valence electrons. The maximum Gasteiger partial charge on any atom is 0.246 e. The normalized spacial score (nSPS) is 20.8. The minimum Gasteiger partial charge on any atom is -0.356 e. The van der Waals surface area contributed by atoms with Gasteiger partial charge in [-0.3, -0.25) is 9.59 Å². The van der Waals surface area contributed by atoms with Crippen molar-refractivity contribution >= 4 is 22.7 Å². The van der Waals surface area contributed by atoms with Crippen LogP contribution in [0.3, 0.4) is 0 Å². The van der Waals surface area contributed by atoms with Crippen molar-refractivity contribution in [3.05, 3.63) is 70.9 Å². The van der Waals surface area contributed by atoms with Crippen LogP contribution in [0, 0.1) is 6.92 Å². The molecular formula is C25H27N3O4. The fraction of sp³-hybridized carbons (Fsp3) is 0.360. The van der Waals surface area contributed by atoms with Gasteiger partial charge in [0.1, 0.15) is 12.6 Å². The minimum absolute atomic E-state index is 0.0104. The lowest BCUT2D eigenvalue weighted by Gasteiger charge is -2.47. The molecule has 1 aromatic heterocycles. The first-order chi connectivity index (χ1) is 15.5. The van der Waals surface area contributed by atoms with E-state index in [1.807, 2.05) is 49.4 Å². The van der Waals surface area contributed by atoms with Crippen molar-refractivity contribution in [2.75, 3.05) is 27.3 Å². The van der Waals surface area contributed by atoms with Crippen LogP contribution in [0.4, 0.5) is 0 Å². The van der Waals surface area contributed by atoms with Crippen LogP contribution in [0.15, 0.2) is 48.5 Å². The van der Waals surface area contributed by atoms with Gasteiger partial charge in [0, 0.05) is 37.2 Å². The lowest BCUT2D eigenvalue weighted by atomic mass is 9.85. The minimum atomic E-state index is -0.572. The standard InChI is InChI=1S/C25H27N3O4/c1-15-8-4-5-9-16(15)24-23-18(17-10-6-7-11-19(17)26-23)12-20-25(30)27(13-21(29)28(20)24)14-22(31-2)32-3/h4-11,20,22,24,26H,12-14H2,1-3H3/t20-,24?/m0/s1. The number of H-pyrrole nitrogens is 1. The molecule has 0 bridgehead atoms. The summed E-state index contributed by atoms with van der Waals surface area (Å²) in [6, 6.07) is 15.3. The van der Waals surface area contributed by atoms with Crippen molar-refractivity contribution < 1.29 is 19.1 Å². The molecule has 1 saturated heterocycles. The SMILES string of the molecule is COC(CN1CC(=O)N2C(c3ccccc3C)c3[nH]c4ccccc4c3C[C@H]2C1=O)OC. The Bertz CT molecular complexity index is 1180.